The molecule has 0 aliphatic carbocycles. The van der Waals surface area contributed by atoms with E-state index in [0.717, 1.165) is 6.07 Å². The molecule has 0 spiro atoms. The van der Waals surface area contributed by atoms with Crippen LogP contribution in [0, 0.1) is 16.0 Å². The van der Waals surface area contributed by atoms with Gasteiger partial charge in [0.15, 0.2) is 0 Å². The van der Waals surface area contributed by atoms with E-state index in [2.05, 4.69) is 5.32 Å². The van der Waals surface area contributed by atoms with Gasteiger partial charge in [0.1, 0.15) is 0 Å². The number of hydrogen-bond donors (Lipinski definition) is 1. The lowest BCUT2D eigenvalue weighted by Crippen LogP contribution is -2.10. The first-order chi connectivity index (χ1) is 9.91. The van der Waals surface area contributed by atoms with E-state index in [9.17, 15) is 18.9 Å². The fraction of sp³-hybridized carbons (Fsp3) is 0.571. The van der Waals surface area contributed by atoms with E-state index in [0.29, 0.717) is 32.1 Å². The molecule has 1 N–H and O–H groups in total. The first kappa shape index (κ1) is 17.3. The molecule has 0 saturated carbocycles. The minimum Gasteiger partial charge on any atom is -0.385 e. The Labute approximate surface area is 122 Å². The average Bonchev–Trinajstić information content (AvgIpc) is 2.42. The number of anilines is 1. The van der Waals surface area contributed by atoms with Crippen LogP contribution in [0.2, 0.25) is 0 Å². The lowest BCUT2D eigenvalue weighted by molar-refractivity contribution is -0.385. The molecule has 5 nitrogen and oxygen atoms in total. The molecular weight excluding hydrogens is 282 g/mol. The highest BCUT2D eigenvalue weighted by molar-refractivity contribution is 5.56. The van der Waals surface area contributed by atoms with Crippen LogP contribution >= 0.6 is 0 Å². The van der Waals surface area contributed by atoms with E-state index >= 15 is 0 Å². The summed E-state index contributed by atoms with van der Waals surface area (Å²) >= 11 is 0. The van der Waals surface area contributed by atoms with Gasteiger partial charge in [-0.15, -0.1) is 0 Å². The minimum absolute atomic E-state index is 0.222. The van der Waals surface area contributed by atoms with Gasteiger partial charge < -0.3 is 10.1 Å². The van der Waals surface area contributed by atoms with Crippen LogP contribution in [0.5, 0.6) is 0 Å². The first-order valence-corrected chi connectivity index (χ1v) is 6.80. The van der Waals surface area contributed by atoms with E-state index in [4.69, 9.17) is 4.74 Å². The zero-order valence-electron chi connectivity index (χ0n) is 12.1. The van der Waals surface area contributed by atoms with Gasteiger partial charge >= 0.3 is 0 Å². The van der Waals surface area contributed by atoms with Crippen LogP contribution in [-0.4, -0.2) is 24.7 Å². The zero-order valence-corrected chi connectivity index (χ0v) is 12.1. The van der Waals surface area contributed by atoms with Gasteiger partial charge in [-0.3, -0.25) is 10.1 Å². The second-order valence-electron chi connectivity index (χ2n) is 5.08. The Morgan fingerprint density at radius 2 is 2.10 bits per heavy atom. The molecular formula is C14H20F2N2O3. The number of nitrogens with one attached hydrogen (secondary N) is 1. The van der Waals surface area contributed by atoms with Gasteiger partial charge in [-0.05, 0) is 18.4 Å². The number of hydrogen-bond acceptors (Lipinski definition) is 4. The van der Waals surface area contributed by atoms with Crippen LogP contribution in [0.15, 0.2) is 18.2 Å². The normalized spacial score (nSPS) is 11.1. The summed E-state index contributed by atoms with van der Waals surface area (Å²) in [4.78, 5) is 9.91. The van der Waals surface area contributed by atoms with Crippen molar-refractivity contribution >= 4 is 11.4 Å². The van der Waals surface area contributed by atoms with E-state index in [-0.39, 0.29) is 16.9 Å². The van der Waals surface area contributed by atoms with Crippen molar-refractivity contribution in [1.29, 1.82) is 0 Å². The van der Waals surface area contributed by atoms with E-state index < -0.39 is 11.3 Å². The Balaban J connectivity index is 2.52. The predicted octanol–water partition coefficient (Wildman–Crippen LogP) is 4.01. The van der Waals surface area contributed by atoms with Crippen molar-refractivity contribution in [2.45, 2.75) is 26.7 Å². The van der Waals surface area contributed by atoms with Crippen molar-refractivity contribution in [2.75, 3.05) is 25.1 Å². The standard InChI is InChI=1S/C14H20F2N2O3/c1-10(2)9-21-7-3-6-17-13-5-4-11(18(19)20)8-12(13)14(15)16/h4-5,8,10,14,17H,3,6-7,9H2,1-2H3. The van der Waals surface area contributed by atoms with Crippen LogP contribution in [0.1, 0.15) is 32.3 Å². The number of non-ortho nitro benzene ring substituents is 1. The fourth-order valence-electron chi connectivity index (χ4n) is 1.72. The van der Waals surface area contributed by atoms with Crippen LogP contribution in [-0.2, 0) is 4.74 Å². The molecule has 0 unspecified atom stereocenters. The van der Waals surface area contributed by atoms with Crippen LogP contribution in [0.4, 0.5) is 20.2 Å². The molecule has 0 atom stereocenters. The van der Waals surface area contributed by atoms with Crippen molar-refractivity contribution in [3.8, 4) is 0 Å². The third kappa shape index (κ3) is 6.03. The highest BCUT2D eigenvalue weighted by Gasteiger charge is 2.17. The highest BCUT2D eigenvalue weighted by Crippen LogP contribution is 2.30. The molecule has 0 aliphatic heterocycles. The molecule has 0 aromatic heterocycles. The summed E-state index contributed by atoms with van der Waals surface area (Å²) in [7, 11) is 0. The Morgan fingerprint density at radius 3 is 2.67 bits per heavy atom. The second-order valence-corrected chi connectivity index (χ2v) is 5.08. The van der Waals surface area contributed by atoms with Crippen molar-refractivity contribution in [3.63, 3.8) is 0 Å². The van der Waals surface area contributed by atoms with Crippen LogP contribution in [0.3, 0.4) is 0 Å². The third-order valence-corrected chi connectivity index (χ3v) is 2.71. The van der Waals surface area contributed by atoms with Gasteiger partial charge in [-0.2, -0.15) is 0 Å². The summed E-state index contributed by atoms with van der Waals surface area (Å²) < 4.78 is 31.2. The molecule has 0 radical (unpaired) electrons. The van der Waals surface area contributed by atoms with Gasteiger partial charge in [0.25, 0.3) is 12.1 Å². The van der Waals surface area contributed by atoms with Gasteiger partial charge in [-0.1, -0.05) is 13.8 Å². The van der Waals surface area contributed by atoms with Gasteiger partial charge in [0.05, 0.1) is 4.92 Å². The average molecular weight is 302 g/mol. The Hall–Kier alpha value is -1.76. The monoisotopic (exact) mass is 302 g/mol. The number of halogens is 2. The summed E-state index contributed by atoms with van der Waals surface area (Å²) in [5.41, 5.74) is -0.470. The van der Waals surface area contributed by atoms with Gasteiger partial charge in [-0.25, -0.2) is 8.78 Å². The summed E-state index contributed by atoms with van der Waals surface area (Å²) in [5.74, 6) is 0.457. The smallest absolute Gasteiger partial charge is 0.270 e. The summed E-state index contributed by atoms with van der Waals surface area (Å²) in [5, 5.41) is 13.5. The number of rotatable bonds is 9. The topological polar surface area (TPSA) is 64.4 Å². The highest BCUT2D eigenvalue weighted by atomic mass is 19.3. The minimum atomic E-state index is -2.76. The number of ether oxygens (including phenoxy) is 1. The molecule has 0 fully saturated rings. The van der Waals surface area contributed by atoms with Crippen molar-refractivity contribution in [2.24, 2.45) is 5.92 Å². The van der Waals surface area contributed by atoms with Gasteiger partial charge in [0, 0.05) is 43.1 Å². The Bertz CT molecular complexity index is 468. The first-order valence-electron chi connectivity index (χ1n) is 6.80. The Morgan fingerprint density at radius 1 is 1.38 bits per heavy atom. The van der Waals surface area contributed by atoms with E-state index in [1.807, 2.05) is 13.8 Å². The summed E-state index contributed by atoms with van der Waals surface area (Å²) in [6.07, 6.45) is -2.09. The molecule has 1 aromatic carbocycles. The maximum Gasteiger partial charge on any atom is 0.270 e. The zero-order chi connectivity index (χ0) is 15.8. The quantitative estimate of drug-likeness (QED) is 0.425. The molecule has 0 heterocycles. The largest absolute Gasteiger partial charge is 0.385 e. The van der Waals surface area contributed by atoms with Crippen molar-refractivity contribution < 1.29 is 18.4 Å². The molecule has 118 valence electrons. The predicted molar refractivity (Wildman–Crippen MR) is 76.8 cm³/mol. The summed E-state index contributed by atoms with van der Waals surface area (Å²) in [6.45, 7) is 5.77. The molecule has 21 heavy (non-hydrogen) atoms. The molecule has 0 bridgehead atoms. The number of nitro groups is 1. The fourth-order valence-corrected chi connectivity index (χ4v) is 1.72. The summed E-state index contributed by atoms with van der Waals surface area (Å²) in [6, 6.07) is 3.43. The molecule has 0 amide bonds. The molecule has 0 aliphatic rings. The van der Waals surface area contributed by atoms with Crippen LogP contribution in [0.25, 0.3) is 0 Å². The number of benzene rings is 1. The Kier molecular flexibility index (Phi) is 7.01. The maximum absolute atomic E-state index is 12.9. The van der Waals surface area contributed by atoms with E-state index in [1.54, 1.807) is 0 Å². The molecule has 1 rings (SSSR count). The maximum atomic E-state index is 12.9. The van der Waals surface area contributed by atoms with E-state index in [1.165, 1.54) is 12.1 Å². The van der Waals surface area contributed by atoms with Crippen LogP contribution < -0.4 is 5.32 Å². The third-order valence-electron chi connectivity index (χ3n) is 2.71. The molecule has 7 heteroatoms. The lowest BCUT2D eigenvalue weighted by atomic mass is 10.1. The van der Waals surface area contributed by atoms with Crippen molar-refractivity contribution in [3.05, 3.63) is 33.9 Å². The van der Waals surface area contributed by atoms with Crippen molar-refractivity contribution in [1.82, 2.24) is 0 Å². The molecule has 1 aromatic rings. The molecule has 0 saturated heterocycles. The lowest BCUT2D eigenvalue weighted by Gasteiger charge is -2.12. The number of nitrogens with zero attached hydrogens (tertiary/aromatic N) is 1. The van der Waals surface area contributed by atoms with Gasteiger partial charge in [0.2, 0.25) is 0 Å². The second kappa shape index (κ2) is 8.51. The SMILES string of the molecule is CC(C)COCCCNc1ccc([N+](=O)[O-])cc1C(F)F. The number of nitro benzene ring substituents is 1. The number of alkyl halides is 2.